The molecule has 0 unspecified atom stereocenters. The highest BCUT2D eigenvalue weighted by atomic mass is 32.1. The number of carbonyl (C=O) groups excluding carboxylic acids is 1. The zero-order chi connectivity index (χ0) is 11.9. The molecule has 0 bridgehead atoms. The third-order valence-electron chi connectivity index (χ3n) is 3.01. The summed E-state index contributed by atoms with van der Waals surface area (Å²) in [4.78, 5) is 16.3. The van der Waals surface area contributed by atoms with E-state index in [9.17, 15) is 4.79 Å². The number of aryl methyl sites for hydroxylation is 1. The Morgan fingerprint density at radius 1 is 1.50 bits per heavy atom. The lowest BCUT2D eigenvalue weighted by atomic mass is 10.1. The van der Waals surface area contributed by atoms with Gasteiger partial charge in [0.1, 0.15) is 0 Å². The van der Waals surface area contributed by atoms with E-state index in [4.69, 9.17) is 5.73 Å². The molecular formula is C12H18N2OS. The number of rotatable bonds is 2. The summed E-state index contributed by atoms with van der Waals surface area (Å²) in [6, 6.07) is 4.42. The van der Waals surface area contributed by atoms with Crippen molar-refractivity contribution < 1.29 is 4.79 Å². The Kier molecular flexibility index (Phi) is 3.04. The first-order valence-electron chi connectivity index (χ1n) is 5.63. The minimum Gasteiger partial charge on any atom is -0.331 e. The van der Waals surface area contributed by atoms with Crippen LogP contribution < -0.4 is 5.73 Å². The lowest BCUT2D eigenvalue weighted by Crippen LogP contribution is -2.37. The number of nitrogens with zero attached hydrogens (tertiary/aromatic N) is 1. The van der Waals surface area contributed by atoms with Crippen LogP contribution in [0.3, 0.4) is 0 Å². The molecular weight excluding hydrogens is 220 g/mol. The number of hydrogen-bond donors (Lipinski definition) is 1. The first-order valence-corrected chi connectivity index (χ1v) is 6.45. The smallest absolute Gasteiger partial charge is 0.225 e. The summed E-state index contributed by atoms with van der Waals surface area (Å²) in [6.45, 7) is 6.17. The Labute approximate surface area is 100 Å². The highest BCUT2D eigenvalue weighted by Gasteiger charge is 2.40. The van der Waals surface area contributed by atoms with Crippen molar-refractivity contribution in [3.8, 4) is 0 Å². The highest BCUT2D eigenvalue weighted by Crippen LogP contribution is 2.36. The predicted molar refractivity (Wildman–Crippen MR) is 66.4 cm³/mol. The van der Waals surface area contributed by atoms with Gasteiger partial charge in [-0.15, -0.1) is 11.3 Å². The standard InChI is InChI=1S/C12H18N2OS/c1-7(2)14-11(15)6-9(13)12(14)10-5-4-8(3)16-10/h4-5,7,9,12H,6,13H2,1-3H3/t9-,12-/m1/s1. The molecule has 0 saturated carbocycles. The fourth-order valence-corrected chi connectivity index (χ4v) is 3.40. The number of nitrogens with two attached hydrogens (primary N) is 1. The van der Waals surface area contributed by atoms with Crippen LogP contribution in [-0.2, 0) is 4.79 Å². The predicted octanol–water partition coefficient (Wildman–Crippen LogP) is 2.07. The van der Waals surface area contributed by atoms with Crippen LogP contribution in [0.1, 0.15) is 36.1 Å². The molecule has 3 nitrogen and oxygen atoms in total. The maximum absolute atomic E-state index is 11.9. The number of hydrogen-bond acceptors (Lipinski definition) is 3. The Bertz CT molecular complexity index is 399. The van der Waals surface area contributed by atoms with Gasteiger partial charge < -0.3 is 10.6 Å². The minimum absolute atomic E-state index is 0.0621. The number of likely N-dealkylation sites (tertiary alicyclic amines) is 1. The minimum atomic E-state index is -0.0621. The first kappa shape index (κ1) is 11.6. The molecule has 0 aromatic carbocycles. The molecule has 1 fully saturated rings. The molecule has 1 aliphatic rings. The molecule has 16 heavy (non-hydrogen) atoms. The molecule has 2 atom stereocenters. The Balaban J connectivity index is 2.33. The van der Waals surface area contributed by atoms with Crippen LogP contribution in [0.2, 0.25) is 0 Å². The van der Waals surface area contributed by atoms with Gasteiger partial charge in [0.05, 0.1) is 6.04 Å². The molecule has 1 amide bonds. The van der Waals surface area contributed by atoms with Gasteiger partial charge in [-0.25, -0.2) is 0 Å². The van der Waals surface area contributed by atoms with E-state index in [0.29, 0.717) is 6.42 Å². The zero-order valence-corrected chi connectivity index (χ0v) is 10.8. The number of carbonyl (C=O) groups is 1. The van der Waals surface area contributed by atoms with E-state index in [1.54, 1.807) is 11.3 Å². The number of amides is 1. The van der Waals surface area contributed by atoms with Gasteiger partial charge in [-0.2, -0.15) is 0 Å². The molecule has 1 aromatic rings. The fourth-order valence-electron chi connectivity index (χ4n) is 2.35. The molecule has 1 aliphatic heterocycles. The van der Waals surface area contributed by atoms with Gasteiger partial charge in [0.25, 0.3) is 0 Å². The summed E-state index contributed by atoms with van der Waals surface area (Å²) in [5, 5.41) is 0. The van der Waals surface area contributed by atoms with E-state index >= 15 is 0 Å². The summed E-state index contributed by atoms with van der Waals surface area (Å²) in [5.41, 5.74) is 6.08. The monoisotopic (exact) mass is 238 g/mol. The van der Waals surface area contributed by atoms with Crippen molar-refractivity contribution in [2.75, 3.05) is 0 Å². The summed E-state index contributed by atoms with van der Waals surface area (Å²) in [5.74, 6) is 0.179. The van der Waals surface area contributed by atoms with Crippen molar-refractivity contribution in [2.24, 2.45) is 5.73 Å². The van der Waals surface area contributed by atoms with Crippen molar-refractivity contribution in [1.29, 1.82) is 0 Å². The zero-order valence-electron chi connectivity index (χ0n) is 9.93. The van der Waals surface area contributed by atoms with Gasteiger partial charge in [-0.1, -0.05) is 0 Å². The van der Waals surface area contributed by atoms with Gasteiger partial charge in [0.2, 0.25) is 5.91 Å². The van der Waals surface area contributed by atoms with Crippen molar-refractivity contribution >= 4 is 17.2 Å². The molecule has 1 saturated heterocycles. The van der Waals surface area contributed by atoms with E-state index < -0.39 is 0 Å². The van der Waals surface area contributed by atoms with Gasteiger partial charge in [0, 0.05) is 28.3 Å². The molecule has 88 valence electrons. The first-order chi connectivity index (χ1) is 7.50. The van der Waals surface area contributed by atoms with Crippen LogP contribution in [-0.4, -0.2) is 22.9 Å². The van der Waals surface area contributed by atoms with E-state index in [2.05, 4.69) is 19.1 Å². The van der Waals surface area contributed by atoms with E-state index in [-0.39, 0.29) is 24.0 Å². The van der Waals surface area contributed by atoms with Crippen LogP contribution in [0, 0.1) is 6.92 Å². The molecule has 0 spiro atoms. The van der Waals surface area contributed by atoms with Crippen LogP contribution in [0.4, 0.5) is 0 Å². The van der Waals surface area contributed by atoms with Crippen LogP contribution in [0.5, 0.6) is 0 Å². The second-order valence-corrected chi connectivity index (χ2v) is 5.98. The normalized spacial score (nSPS) is 25.8. The SMILES string of the molecule is Cc1ccc([C@H]2[C@H](N)CC(=O)N2C(C)C)s1. The summed E-state index contributed by atoms with van der Waals surface area (Å²) in [7, 11) is 0. The fraction of sp³-hybridized carbons (Fsp3) is 0.583. The maximum atomic E-state index is 11.9. The third kappa shape index (κ3) is 1.87. The molecule has 4 heteroatoms. The molecule has 1 aromatic heterocycles. The van der Waals surface area contributed by atoms with Gasteiger partial charge in [-0.3, -0.25) is 4.79 Å². The molecule has 2 N–H and O–H groups in total. The molecule has 2 heterocycles. The van der Waals surface area contributed by atoms with Crippen LogP contribution in [0.15, 0.2) is 12.1 Å². The van der Waals surface area contributed by atoms with Crippen molar-refractivity contribution in [3.05, 3.63) is 21.9 Å². The Morgan fingerprint density at radius 3 is 2.69 bits per heavy atom. The lowest BCUT2D eigenvalue weighted by Gasteiger charge is -2.29. The second kappa shape index (κ2) is 4.18. The second-order valence-electron chi connectivity index (χ2n) is 4.66. The van der Waals surface area contributed by atoms with Gasteiger partial charge >= 0.3 is 0 Å². The average Bonchev–Trinajstić information content (AvgIpc) is 2.69. The lowest BCUT2D eigenvalue weighted by molar-refractivity contribution is -0.130. The molecule has 0 aliphatic carbocycles. The van der Waals surface area contributed by atoms with E-state index in [1.807, 2.05) is 18.7 Å². The molecule has 2 rings (SSSR count). The Hall–Kier alpha value is -0.870. The number of thiophene rings is 1. The van der Waals surface area contributed by atoms with Crippen molar-refractivity contribution in [1.82, 2.24) is 4.90 Å². The summed E-state index contributed by atoms with van der Waals surface area (Å²) < 4.78 is 0. The summed E-state index contributed by atoms with van der Waals surface area (Å²) >= 11 is 1.74. The summed E-state index contributed by atoms with van der Waals surface area (Å²) in [6.07, 6.45) is 0.472. The topological polar surface area (TPSA) is 46.3 Å². The third-order valence-corrected chi connectivity index (χ3v) is 4.08. The van der Waals surface area contributed by atoms with Crippen molar-refractivity contribution in [2.45, 2.75) is 45.3 Å². The quantitative estimate of drug-likeness (QED) is 0.857. The van der Waals surface area contributed by atoms with E-state index in [1.165, 1.54) is 9.75 Å². The highest BCUT2D eigenvalue weighted by molar-refractivity contribution is 7.12. The van der Waals surface area contributed by atoms with Gasteiger partial charge in [0.15, 0.2) is 0 Å². The van der Waals surface area contributed by atoms with Crippen LogP contribution >= 0.6 is 11.3 Å². The van der Waals surface area contributed by atoms with Crippen LogP contribution in [0.25, 0.3) is 0 Å². The maximum Gasteiger partial charge on any atom is 0.225 e. The largest absolute Gasteiger partial charge is 0.331 e. The average molecular weight is 238 g/mol. The molecule has 0 radical (unpaired) electrons. The van der Waals surface area contributed by atoms with Crippen molar-refractivity contribution in [3.63, 3.8) is 0 Å². The van der Waals surface area contributed by atoms with E-state index in [0.717, 1.165) is 0 Å². The Morgan fingerprint density at radius 2 is 2.19 bits per heavy atom. The van der Waals surface area contributed by atoms with Gasteiger partial charge in [-0.05, 0) is 32.9 Å².